The Morgan fingerprint density at radius 2 is 2.15 bits per heavy atom. The average Bonchev–Trinajstić information content (AvgIpc) is 3.17. The standard InChI is InChI=1S/C15H19ClN2O2/c1-8(2)7-18(9-3-4-9)13-6-12-10(5-11(13)16)14(19)15(20)17-12/h5-6,8-9,14,19H,3-4,7H2,1-2H3,(H,17,20). The number of carbonyl (C=O) groups excluding carboxylic acids is 1. The van der Waals surface area contributed by atoms with Crippen LogP contribution in [0, 0.1) is 5.92 Å². The average molecular weight is 295 g/mol. The molecule has 1 unspecified atom stereocenters. The maximum absolute atomic E-state index is 11.5. The molecule has 1 aliphatic heterocycles. The number of fused-ring (bicyclic) bond motifs is 1. The van der Waals surface area contributed by atoms with Crippen LogP contribution < -0.4 is 10.2 Å². The van der Waals surface area contributed by atoms with Crippen molar-refractivity contribution in [2.75, 3.05) is 16.8 Å². The molecule has 2 N–H and O–H groups in total. The monoisotopic (exact) mass is 294 g/mol. The van der Waals surface area contributed by atoms with Gasteiger partial charge in [-0.1, -0.05) is 25.4 Å². The van der Waals surface area contributed by atoms with Gasteiger partial charge in [0.05, 0.1) is 10.7 Å². The highest BCUT2D eigenvalue weighted by molar-refractivity contribution is 6.33. The first-order chi connectivity index (χ1) is 9.47. The van der Waals surface area contributed by atoms with Crippen LogP contribution in [0.4, 0.5) is 11.4 Å². The summed E-state index contributed by atoms with van der Waals surface area (Å²) in [6.45, 7) is 5.31. The van der Waals surface area contributed by atoms with Crippen molar-refractivity contribution >= 4 is 28.9 Å². The van der Waals surface area contributed by atoms with Gasteiger partial charge in [-0.25, -0.2) is 0 Å². The zero-order chi connectivity index (χ0) is 14.4. The second-order valence-corrected chi connectivity index (χ2v) is 6.47. The lowest BCUT2D eigenvalue weighted by atomic mass is 10.1. The number of benzene rings is 1. The molecule has 0 saturated heterocycles. The van der Waals surface area contributed by atoms with E-state index in [9.17, 15) is 9.90 Å². The highest BCUT2D eigenvalue weighted by Gasteiger charge is 2.34. The predicted molar refractivity (Wildman–Crippen MR) is 80.2 cm³/mol. The summed E-state index contributed by atoms with van der Waals surface area (Å²) < 4.78 is 0. The molecule has 5 heteroatoms. The Morgan fingerprint density at radius 3 is 2.75 bits per heavy atom. The lowest BCUT2D eigenvalue weighted by Crippen LogP contribution is -2.30. The number of nitrogens with zero attached hydrogens (tertiary/aromatic N) is 1. The predicted octanol–water partition coefficient (Wildman–Crippen LogP) is 2.95. The third-order valence-electron chi connectivity index (χ3n) is 3.78. The van der Waals surface area contributed by atoms with Gasteiger partial charge in [-0.05, 0) is 30.9 Å². The zero-order valence-corrected chi connectivity index (χ0v) is 12.4. The number of anilines is 2. The summed E-state index contributed by atoms with van der Waals surface area (Å²) in [7, 11) is 0. The van der Waals surface area contributed by atoms with Crippen LogP contribution in [0.5, 0.6) is 0 Å². The van der Waals surface area contributed by atoms with Crippen molar-refractivity contribution in [3.63, 3.8) is 0 Å². The molecule has 1 fully saturated rings. The lowest BCUT2D eigenvalue weighted by molar-refractivity contribution is -0.123. The number of amides is 1. The number of nitrogens with one attached hydrogen (secondary N) is 1. The molecule has 1 amide bonds. The second kappa shape index (κ2) is 4.93. The van der Waals surface area contributed by atoms with E-state index in [0.29, 0.717) is 28.2 Å². The van der Waals surface area contributed by atoms with Gasteiger partial charge >= 0.3 is 0 Å². The number of aliphatic hydroxyl groups excluding tert-OH is 1. The second-order valence-electron chi connectivity index (χ2n) is 6.06. The maximum atomic E-state index is 11.5. The summed E-state index contributed by atoms with van der Waals surface area (Å²) in [6.07, 6.45) is 1.28. The van der Waals surface area contributed by atoms with Crippen molar-refractivity contribution in [1.82, 2.24) is 0 Å². The fourth-order valence-electron chi connectivity index (χ4n) is 2.70. The number of rotatable bonds is 4. The van der Waals surface area contributed by atoms with Crippen LogP contribution in [0.3, 0.4) is 0 Å². The number of carbonyl (C=O) groups is 1. The van der Waals surface area contributed by atoms with Crippen molar-refractivity contribution in [3.8, 4) is 0 Å². The molecule has 0 spiro atoms. The van der Waals surface area contributed by atoms with Gasteiger partial charge in [0.1, 0.15) is 0 Å². The fourth-order valence-corrected chi connectivity index (χ4v) is 2.98. The van der Waals surface area contributed by atoms with Gasteiger partial charge in [0.15, 0.2) is 6.10 Å². The van der Waals surface area contributed by atoms with E-state index >= 15 is 0 Å². The lowest BCUT2D eigenvalue weighted by Gasteiger charge is -2.28. The van der Waals surface area contributed by atoms with Gasteiger partial charge in [0, 0.05) is 23.8 Å². The van der Waals surface area contributed by atoms with E-state index in [2.05, 4.69) is 24.1 Å². The molecule has 4 nitrogen and oxygen atoms in total. The largest absolute Gasteiger partial charge is 0.378 e. The highest BCUT2D eigenvalue weighted by Crippen LogP contribution is 2.42. The fraction of sp³-hybridized carbons (Fsp3) is 0.533. The van der Waals surface area contributed by atoms with Crippen molar-refractivity contribution in [3.05, 3.63) is 22.7 Å². The SMILES string of the molecule is CC(C)CN(c1cc2c(cc1Cl)C(O)C(=O)N2)C1CC1. The Balaban J connectivity index is 1.97. The molecular weight excluding hydrogens is 276 g/mol. The van der Waals surface area contributed by atoms with Crippen LogP contribution in [0.1, 0.15) is 38.4 Å². The van der Waals surface area contributed by atoms with E-state index < -0.39 is 6.10 Å². The first-order valence-corrected chi connectivity index (χ1v) is 7.44. The van der Waals surface area contributed by atoms with E-state index in [1.165, 1.54) is 12.8 Å². The van der Waals surface area contributed by atoms with Crippen LogP contribution >= 0.6 is 11.6 Å². The molecule has 0 aromatic heterocycles. The van der Waals surface area contributed by atoms with E-state index in [4.69, 9.17) is 11.6 Å². The Kier molecular flexibility index (Phi) is 3.38. The molecule has 1 heterocycles. The molecule has 0 bridgehead atoms. The van der Waals surface area contributed by atoms with Gasteiger partial charge in [-0.2, -0.15) is 0 Å². The zero-order valence-electron chi connectivity index (χ0n) is 11.7. The quantitative estimate of drug-likeness (QED) is 0.898. The molecule has 1 aromatic rings. The van der Waals surface area contributed by atoms with E-state index in [0.717, 1.165) is 12.2 Å². The molecule has 108 valence electrons. The normalized spacial score (nSPS) is 21.1. The number of hydrogen-bond donors (Lipinski definition) is 2. The van der Waals surface area contributed by atoms with Crippen LogP contribution in [-0.2, 0) is 4.79 Å². The Morgan fingerprint density at radius 1 is 1.45 bits per heavy atom. The first-order valence-electron chi connectivity index (χ1n) is 7.06. The molecule has 1 saturated carbocycles. The molecule has 1 aliphatic carbocycles. The van der Waals surface area contributed by atoms with Crippen LogP contribution in [0.2, 0.25) is 5.02 Å². The Labute approximate surface area is 123 Å². The number of hydrogen-bond acceptors (Lipinski definition) is 3. The van der Waals surface area contributed by atoms with Crippen LogP contribution in [0.25, 0.3) is 0 Å². The Hall–Kier alpha value is -1.26. The van der Waals surface area contributed by atoms with Crippen molar-refractivity contribution < 1.29 is 9.90 Å². The van der Waals surface area contributed by atoms with Crippen molar-refractivity contribution in [2.45, 2.75) is 38.8 Å². The van der Waals surface area contributed by atoms with E-state index in [1.54, 1.807) is 6.07 Å². The minimum Gasteiger partial charge on any atom is -0.378 e. The van der Waals surface area contributed by atoms with E-state index in [1.807, 2.05) is 6.07 Å². The van der Waals surface area contributed by atoms with E-state index in [-0.39, 0.29) is 5.91 Å². The molecule has 2 aliphatic rings. The third-order valence-corrected chi connectivity index (χ3v) is 4.08. The molecule has 3 rings (SSSR count). The Bertz CT molecular complexity index is 555. The van der Waals surface area contributed by atoms with Gasteiger partial charge in [0.25, 0.3) is 5.91 Å². The topological polar surface area (TPSA) is 52.6 Å². The molecular formula is C15H19ClN2O2. The molecule has 20 heavy (non-hydrogen) atoms. The summed E-state index contributed by atoms with van der Waals surface area (Å²) in [6, 6.07) is 4.16. The third kappa shape index (κ3) is 2.38. The van der Waals surface area contributed by atoms with Crippen molar-refractivity contribution in [2.24, 2.45) is 5.92 Å². The summed E-state index contributed by atoms with van der Waals surface area (Å²) in [5.41, 5.74) is 2.20. The summed E-state index contributed by atoms with van der Waals surface area (Å²) in [5, 5.41) is 13.1. The van der Waals surface area contributed by atoms with Crippen molar-refractivity contribution in [1.29, 1.82) is 0 Å². The van der Waals surface area contributed by atoms with Gasteiger partial charge in [-0.15, -0.1) is 0 Å². The number of halogens is 1. The number of aliphatic hydroxyl groups is 1. The first kappa shape index (κ1) is 13.7. The van der Waals surface area contributed by atoms with Gasteiger partial charge in [-0.3, -0.25) is 4.79 Å². The highest BCUT2D eigenvalue weighted by atomic mass is 35.5. The summed E-state index contributed by atoms with van der Waals surface area (Å²) in [5.74, 6) is 0.162. The van der Waals surface area contributed by atoms with Crippen LogP contribution in [-0.4, -0.2) is 23.6 Å². The van der Waals surface area contributed by atoms with Gasteiger partial charge < -0.3 is 15.3 Å². The molecule has 1 aromatic carbocycles. The minimum absolute atomic E-state index is 0.380. The summed E-state index contributed by atoms with van der Waals surface area (Å²) >= 11 is 6.38. The molecule has 1 atom stereocenters. The van der Waals surface area contributed by atoms with Crippen LogP contribution in [0.15, 0.2) is 12.1 Å². The minimum atomic E-state index is -1.10. The summed E-state index contributed by atoms with van der Waals surface area (Å²) in [4.78, 5) is 13.9. The van der Waals surface area contributed by atoms with Gasteiger partial charge in [0.2, 0.25) is 0 Å². The molecule has 0 radical (unpaired) electrons. The maximum Gasteiger partial charge on any atom is 0.257 e. The smallest absolute Gasteiger partial charge is 0.257 e.